The van der Waals surface area contributed by atoms with Crippen LogP contribution in [0, 0.1) is 0 Å². The summed E-state index contributed by atoms with van der Waals surface area (Å²) in [5.74, 6) is 1.33. The molecule has 0 N–H and O–H groups in total. The van der Waals surface area contributed by atoms with E-state index in [1.165, 1.54) is 44.2 Å². The number of aromatic nitrogens is 3. The van der Waals surface area contributed by atoms with Crippen LogP contribution in [-0.4, -0.2) is 15.0 Å². The lowest BCUT2D eigenvalue weighted by Crippen LogP contribution is -2.28. The molecular formula is C38H25N3. The number of nitrogens with zero attached hydrogens (tertiary/aromatic N) is 3. The molecule has 1 unspecified atom stereocenters. The van der Waals surface area contributed by atoms with E-state index in [1.54, 1.807) is 6.33 Å². The molecule has 0 bridgehead atoms. The molecule has 0 amide bonds. The van der Waals surface area contributed by atoms with Crippen molar-refractivity contribution < 1.29 is 0 Å². The summed E-state index contributed by atoms with van der Waals surface area (Å²) < 4.78 is 0. The smallest absolute Gasteiger partial charge is 0.163 e. The lowest BCUT2D eigenvalue weighted by molar-refractivity contribution is 0.769. The number of fused-ring (bicyclic) bond motifs is 4. The Labute approximate surface area is 238 Å². The number of benzene rings is 6. The van der Waals surface area contributed by atoms with E-state index < -0.39 is 5.41 Å². The van der Waals surface area contributed by atoms with Crippen LogP contribution in [0.2, 0.25) is 0 Å². The summed E-state index contributed by atoms with van der Waals surface area (Å²) in [5.41, 5.74) is 8.98. The monoisotopic (exact) mass is 523 g/mol. The normalized spacial score (nSPS) is 15.4. The van der Waals surface area contributed by atoms with Crippen LogP contribution >= 0.6 is 0 Å². The maximum absolute atomic E-state index is 4.88. The molecule has 0 saturated carbocycles. The summed E-state index contributed by atoms with van der Waals surface area (Å²) in [6.07, 6.45) is 1.61. The lowest BCUT2D eigenvalue weighted by Gasteiger charge is -2.34. The third kappa shape index (κ3) is 3.63. The molecule has 8 rings (SSSR count). The van der Waals surface area contributed by atoms with Crippen LogP contribution in [0.15, 0.2) is 152 Å². The fourth-order valence-corrected chi connectivity index (χ4v) is 6.49. The first-order chi connectivity index (χ1) is 20.3. The van der Waals surface area contributed by atoms with Gasteiger partial charge in [-0.15, -0.1) is 0 Å². The fourth-order valence-electron chi connectivity index (χ4n) is 6.49. The second-order valence-corrected chi connectivity index (χ2v) is 10.5. The highest BCUT2D eigenvalue weighted by Gasteiger charge is 2.46. The van der Waals surface area contributed by atoms with Gasteiger partial charge in [-0.25, -0.2) is 15.0 Å². The molecule has 41 heavy (non-hydrogen) atoms. The van der Waals surface area contributed by atoms with E-state index in [2.05, 4.69) is 125 Å². The molecule has 1 aliphatic rings. The van der Waals surface area contributed by atoms with Crippen molar-refractivity contribution in [1.82, 2.24) is 15.0 Å². The van der Waals surface area contributed by atoms with Gasteiger partial charge in [0.15, 0.2) is 11.6 Å². The Hall–Kier alpha value is -5.41. The molecule has 0 spiro atoms. The zero-order valence-electron chi connectivity index (χ0n) is 22.3. The van der Waals surface area contributed by atoms with Crippen LogP contribution in [0.3, 0.4) is 0 Å². The van der Waals surface area contributed by atoms with Crippen molar-refractivity contribution in [3.8, 4) is 33.9 Å². The van der Waals surface area contributed by atoms with Crippen LogP contribution < -0.4 is 0 Å². The maximum atomic E-state index is 4.88. The van der Waals surface area contributed by atoms with Gasteiger partial charge in [-0.2, -0.15) is 0 Å². The van der Waals surface area contributed by atoms with Crippen molar-refractivity contribution in [2.75, 3.05) is 0 Å². The van der Waals surface area contributed by atoms with Crippen molar-refractivity contribution >= 4 is 10.8 Å². The van der Waals surface area contributed by atoms with E-state index in [0.717, 1.165) is 11.1 Å². The highest BCUT2D eigenvalue weighted by molar-refractivity contribution is 5.96. The maximum Gasteiger partial charge on any atom is 0.163 e. The van der Waals surface area contributed by atoms with E-state index in [-0.39, 0.29) is 0 Å². The van der Waals surface area contributed by atoms with Gasteiger partial charge >= 0.3 is 0 Å². The summed E-state index contributed by atoms with van der Waals surface area (Å²) in [6.45, 7) is 0. The highest BCUT2D eigenvalue weighted by atomic mass is 15.0. The molecule has 0 radical (unpaired) electrons. The topological polar surface area (TPSA) is 38.7 Å². The summed E-state index contributed by atoms with van der Waals surface area (Å²) in [7, 11) is 0. The molecule has 1 aromatic heterocycles. The predicted molar refractivity (Wildman–Crippen MR) is 166 cm³/mol. The summed E-state index contributed by atoms with van der Waals surface area (Å²) in [6, 6.07) is 51.9. The average molecular weight is 524 g/mol. The summed E-state index contributed by atoms with van der Waals surface area (Å²) in [4.78, 5) is 14.0. The zero-order valence-corrected chi connectivity index (χ0v) is 22.3. The van der Waals surface area contributed by atoms with Gasteiger partial charge in [0, 0.05) is 11.1 Å². The van der Waals surface area contributed by atoms with E-state index in [1.807, 2.05) is 30.3 Å². The number of hydrogen-bond acceptors (Lipinski definition) is 3. The van der Waals surface area contributed by atoms with E-state index >= 15 is 0 Å². The molecule has 3 heteroatoms. The van der Waals surface area contributed by atoms with Crippen LogP contribution in [0.25, 0.3) is 44.7 Å². The van der Waals surface area contributed by atoms with E-state index in [4.69, 9.17) is 4.98 Å². The molecular weight excluding hydrogens is 498 g/mol. The van der Waals surface area contributed by atoms with Gasteiger partial charge in [-0.05, 0) is 62.4 Å². The molecule has 0 fully saturated rings. The van der Waals surface area contributed by atoms with Gasteiger partial charge in [0.05, 0.1) is 5.41 Å². The summed E-state index contributed by atoms with van der Waals surface area (Å²) >= 11 is 0. The second kappa shape index (κ2) is 9.35. The van der Waals surface area contributed by atoms with E-state index in [9.17, 15) is 0 Å². The Balaban J connectivity index is 1.41. The first kappa shape index (κ1) is 23.5. The quantitative estimate of drug-likeness (QED) is 0.232. The fraction of sp³-hybridized carbons (Fsp3) is 0.0263. The highest BCUT2D eigenvalue weighted by Crippen LogP contribution is 2.57. The minimum Gasteiger partial charge on any atom is -0.217 e. The molecule has 7 aromatic rings. The lowest BCUT2D eigenvalue weighted by atomic mass is 9.67. The van der Waals surface area contributed by atoms with Crippen LogP contribution in [0.1, 0.15) is 22.3 Å². The largest absolute Gasteiger partial charge is 0.217 e. The number of hydrogen-bond donors (Lipinski definition) is 0. The first-order valence-electron chi connectivity index (χ1n) is 13.9. The van der Waals surface area contributed by atoms with Crippen molar-refractivity contribution in [1.29, 1.82) is 0 Å². The summed E-state index contributed by atoms with van der Waals surface area (Å²) in [5, 5.41) is 2.48. The predicted octanol–water partition coefficient (Wildman–Crippen LogP) is 8.72. The van der Waals surface area contributed by atoms with Gasteiger partial charge in [0.1, 0.15) is 6.33 Å². The van der Waals surface area contributed by atoms with Crippen molar-refractivity contribution in [3.05, 3.63) is 174 Å². The second-order valence-electron chi connectivity index (χ2n) is 10.5. The molecule has 6 aromatic carbocycles. The van der Waals surface area contributed by atoms with E-state index in [0.29, 0.717) is 11.6 Å². The minimum atomic E-state index is -0.498. The molecule has 1 atom stereocenters. The van der Waals surface area contributed by atoms with Gasteiger partial charge < -0.3 is 0 Å². The third-order valence-electron chi connectivity index (χ3n) is 8.28. The number of rotatable bonds is 4. The Morgan fingerprint density at radius 2 is 1.02 bits per heavy atom. The Kier molecular flexibility index (Phi) is 5.36. The average Bonchev–Trinajstić information content (AvgIpc) is 3.35. The molecule has 192 valence electrons. The van der Waals surface area contributed by atoms with Crippen molar-refractivity contribution in [2.24, 2.45) is 0 Å². The van der Waals surface area contributed by atoms with Crippen molar-refractivity contribution in [2.45, 2.75) is 5.41 Å². The van der Waals surface area contributed by atoms with Gasteiger partial charge in [0.25, 0.3) is 0 Å². The van der Waals surface area contributed by atoms with Gasteiger partial charge in [0.2, 0.25) is 0 Å². The SMILES string of the molecule is c1ccc(-c2ncnc(-c3cccc(C4(c5ccccc5)c5ccccc5-c5cc6ccccc6cc54)c3)n2)cc1. The van der Waals surface area contributed by atoms with Gasteiger partial charge in [-0.3, -0.25) is 0 Å². The van der Waals surface area contributed by atoms with Crippen LogP contribution in [-0.2, 0) is 5.41 Å². The molecule has 3 nitrogen and oxygen atoms in total. The molecule has 1 heterocycles. The first-order valence-corrected chi connectivity index (χ1v) is 13.9. The van der Waals surface area contributed by atoms with Gasteiger partial charge in [-0.1, -0.05) is 127 Å². The van der Waals surface area contributed by atoms with Crippen LogP contribution in [0.4, 0.5) is 0 Å². The molecule has 1 aliphatic carbocycles. The molecule has 0 saturated heterocycles. The van der Waals surface area contributed by atoms with Crippen LogP contribution in [0.5, 0.6) is 0 Å². The Morgan fingerprint density at radius 1 is 0.415 bits per heavy atom. The molecule has 0 aliphatic heterocycles. The zero-order chi connectivity index (χ0) is 27.2. The Bertz CT molecular complexity index is 2050. The Morgan fingerprint density at radius 3 is 1.83 bits per heavy atom. The standard InChI is InChI=1S/C38H25N3/c1-3-12-26(13-4-1)36-39-25-40-37(41-36)29-16-11-19-31(22-29)38(30-17-5-2-6-18-30)34-21-10-9-20-32(34)33-23-27-14-7-8-15-28(27)24-35(33)38/h1-25H. The minimum absolute atomic E-state index is 0.498. The van der Waals surface area contributed by atoms with Crippen molar-refractivity contribution in [3.63, 3.8) is 0 Å². The third-order valence-corrected chi connectivity index (χ3v) is 8.28.